The van der Waals surface area contributed by atoms with Gasteiger partial charge in [-0.1, -0.05) is 12.1 Å². The highest BCUT2D eigenvalue weighted by molar-refractivity contribution is 5.79. The fourth-order valence-corrected chi connectivity index (χ4v) is 2.43. The van der Waals surface area contributed by atoms with Crippen molar-refractivity contribution in [3.8, 4) is 0 Å². The molecule has 0 aliphatic carbocycles. The van der Waals surface area contributed by atoms with Gasteiger partial charge in [0.05, 0.1) is 23.2 Å². The van der Waals surface area contributed by atoms with Crippen molar-refractivity contribution in [3.05, 3.63) is 24.3 Å². The van der Waals surface area contributed by atoms with Crippen molar-refractivity contribution in [1.29, 1.82) is 0 Å². The molecule has 2 unspecified atom stereocenters. The largest absolute Gasteiger partial charge is 0.381 e. The van der Waals surface area contributed by atoms with Crippen LogP contribution in [0, 0.1) is 0 Å². The zero-order chi connectivity index (χ0) is 13.2. The second kappa shape index (κ2) is 5.01. The summed E-state index contributed by atoms with van der Waals surface area (Å²) in [5.74, 6) is 1.07. The van der Waals surface area contributed by atoms with E-state index in [1.165, 1.54) is 0 Å². The third-order valence-electron chi connectivity index (χ3n) is 3.48. The van der Waals surface area contributed by atoms with Crippen LogP contribution in [0.15, 0.2) is 24.3 Å². The SMILES string of the molecule is CC(Nc1nc2ccccc2nc1N)C1CCCO1. The molecule has 3 rings (SSSR count). The standard InChI is InChI=1S/C14H18N4O/c1-9(12-7-4-8-19-12)16-14-13(15)17-10-5-2-3-6-11(10)18-14/h2-3,5-6,9,12H,4,7-8H2,1H3,(H2,15,17)(H,16,18). The monoisotopic (exact) mass is 258 g/mol. The van der Waals surface area contributed by atoms with Gasteiger partial charge in [0.2, 0.25) is 0 Å². The fourth-order valence-electron chi connectivity index (χ4n) is 2.43. The minimum absolute atomic E-state index is 0.181. The number of rotatable bonds is 3. The van der Waals surface area contributed by atoms with Gasteiger partial charge in [-0.25, -0.2) is 9.97 Å². The molecule has 3 N–H and O–H groups in total. The van der Waals surface area contributed by atoms with Crippen molar-refractivity contribution in [2.75, 3.05) is 17.7 Å². The Morgan fingerprint density at radius 1 is 1.32 bits per heavy atom. The maximum absolute atomic E-state index is 5.96. The Kier molecular flexibility index (Phi) is 3.21. The molecule has 1 aliphatic rings. The zero-order valence-electron chi connectivity index (χ0n) is 11.0. The van der Waals surface area contributed by atoms with E-state index in [9.17, 15) is 0 Å². The number of nitrogen functional groups attached to an aromatic ring is 1. The molecular weight excluding hydrogens is 240 g/mol. The summed E-state index contributed by atoms with van der Waals surface area (Å²) in [4.78, 5) is 8.90. The van der Waals surface area contributed by atoms with Gasteiger partial charge in [0.1, 0.15) is 0 Å². The van der Waals surface area contributed by atoms with Gasteiger partial charge < -0.3 is 15.8 Å². The number of aromatic nitrogens is 2. The predicted molar refractivity (Wildman–Crippen MR) is 76.0 cm³/mol. The van der Waals surface area contributed by atoms with Gasteiger partial charge >= 0.3 is 0 Å². The Morgan fingerprint density at radius 3 is 2.74 bits per heavy atom. The Balaban J connectivity index is 1.85. The molecule has 1 aromatic heterocycles. The second-order valence-electron chi connectivity index (χ2n) is 4.93. The van der Waals surface area contributed by atoms with Gasteiger partial charge in [0.25, 0.3) is 0 Å². The lowest BCUT2D eigenvalue weighted by Crippen LogP contribution is -2.30. The molecule has 1 fully saturated rings. The van der Waals surface area contributed by atoms with Gasteiger partial charge in [0, 0.05) is 6.61 Å². The van der Waals surface area contributed by atoms with E-state index in [0.717, 1.165) is 30.5 Å². The number of para-hydroxylation sites is 2. The van der Waals surface area contributed by atoms with Crippen LogP contribution in [0.4, 0.5) is 11.6 Å². The van der Waals surface area contributed by atoms with Crippen molar-refractivity contribution >= 4 is 22.7 Å². The van der Waals surface area contributed by atoms with Gasteiger partial charge in [-0.15, -0.1) is 0 Å². The Hall–Kier alpha value is -1.88. The van der Waals surface area contributed by atoms with Crippen LogP contribution in [0.1, 0.15) is 19.8 Å². The molecule has 5 heteroatoms. The van der Waals surface area contributed by atoms with Crippen LogP contribution in [-0.4, -0.2) is 28.7 Å². The molecule has 100 valence electrons. The average molecular weight is 258 g/mol. The summed E-state index contributed by atoms with van der Waals surface area (Å²) in [5.41, 5.74) is 7.62. The molecule has 19 heavy (non-hydrogen) atoms. The molecule has 0 spiro atoms. The van der Waals surface area contributed by atoms with Crippen LogP contribution < -0.4 is 11.1 Å². The summed E-state index contributed by atoms with van der Waals surface area (Å²) in [5, 5.41) is 3.32. The predicted octanol–water partition coefficient (Wildman–Crippen LogP) is 2.19. The first-order valence-electron chi connectivity index (χ1n) is 6.64. The van der Waals surface area contributed by atoms with Gasteiger partial charge in [-0.3, -0.25) is 0 Å². The smallest absolute Gasteiger partial charge is 0.169 e. The van der Waals surface area contributed by atoms with Gasteiger partial charge in [-0.2, -0.15) is 0 Å². The minimum atomic E-state index is 0.181. The molecule has 2 aromatic rings. The number of benzene rings is 1. The summed E-state index contributed by atoms with van der Waals surface area (Å²) in [6, 6.07) is 7.90. The van der Waals surface area contributed by atoms with Crippen LogP contribution >= 0.6 is 0 Å². The molecule has 1 saturated heterocycles. The van der Waals surface area contributed by atoms with E-state index in [1.54, 1.807) is 0 Å². The van der Waals surface area contributed by atoms with Crippen LogP contribution in [0.2, 0.25) is 0 Å². The number of ether oxygens (including phenoxy) is 1. The lowest BCUT2D eigenvalue weighted by molar-refractivity contribution is 0.0996. The number of nitrogens with zero attached hydrogens (tertiary/aromatic N) is 2. The summed E-state index contributed by atoms with van der Waals surface area (Å²) >= 11 is 0. The van der Waals surface area contributed by atoms with E-state index in [2.05, 4.69) is 22.2 Å². The quantitative estimate of drug-likeness (QED) is 0.883. The number of fused-ring (bicyclic) bond motifs is 1. The Bertz CT molecular complexity index is 581. The highest BCUT2D eigenvalue weighted by Crippen LogP contribution is 2.22. The third-order valence-corrected chi connectivity index (χ3v) is 3.48. The Morgan fingerprint density at radius 2 is 2.05 bits per heavy atom. The molecule has 0 amide bonds. The van der Waals surface area contributed by atoms with Crippen molar-refractivity contribution in [2.45, 2.75) is 31.9 Å². The maximum Gasteiger partial charge on any atom is 0.169 e. The van der Waals surface area contributed by atoms with Gasteiger partial charge in [0.15, 0.2) is 11.6 Å². The van der Waals surface area contributed by atoms with E-state index >= 15 is 0 Å². The minimum Gasteiger partial charge on any atom is -0.381 e. The normalized spacial score (nSPS) is 20.6. The van der Waals surface area contributed by atoms with E-state index in [-0.39, 0.29) is 12.1 Å². The van der Waals surface area contributed by atoms with Gasteiger partial charge in [-0.05, 0) is 31.9 Å². The first-order valence-corrected chi connectivity index (χ1v) is 6.64. The summed E-state index contributed by atoms with van der Waals surface area (Å²) < 4.78 is 5.66. The fraction of sp³-hybridized carbons (Fsp3) is 0.429. The maximum atomic E-state index is 5.96. The summed E-state index contributed by atoms with van der Waals surface area (Å²) in [6.07, 6.45) is 2.43. The summed E-state index contributed by atoms with van der Waals surface area (Å²) in [6.45, 7) is 2.93. The van der Waals surface area contributed by atoms with Crippen molar-refractivity contribution in [1.82, 2.24) is 9.97 Å². The molecular formula is C14H18N4O. The van der Waals surface area contributed by atoms with E-state index < -0.39 is 0 Å². The van der Waals surface area contributed by atoms with Crippen molar-refractivity contribution in [2.24, 2.45) is 0 Å². The van der Waals surface area contributed by atoms with Crippen molar-refractivity contribution in [3.63, 3.8) is 0 Å². The first-order chi connectivity index (χ1) is 9.24. The van der Waals surface area contributed by atoms with E-state index in [1.807, 2.05) is 24.3 Å². The lowest BCUT2D eigenvalue weighted by Gasteiger charge is -2.21. The molecule has 2 atom stereocenters. The van der Waals surface area contributed by atoms with Crippen LogP contribution in [0.3, 0.4) is 0 Å². The number of nitrogens with two attached hydrogens (primary N) is 1. The first kappa shape index (κ1) is 12.2. The van der Waals surface area contributed by atoms with Crippen LogP contribution in [0.25, 0.3) is 11.0 Å². The van der Waals surface area contributed by atoms with E-state index in [4.69, 9.17) is 10.5 Å². The highest BCUT2D eigenvalue weighted by Gasteiger charge is 2.23. The lowest BCUT2D eigenvalue weighted by atomic mass is 10.1. The van der Waals surface area contributed by atoms with Crippen LogP contribution in [0.5, 0.6) is 0 Å². The average Bonchev–Trinajstić information content (AvgIpc) is 2.93. The van der Waals surface area contributed by atoms with E-state index in [0.29, 0.717) is 11.6 Å². The highest BCUT2D eigenvalue weighted by atomic mass is 16.5. The topological polar surface area (TPSA) is 73.1 Å². The number of hydrogen-bond donors (Lipinski definition) is 2. The number of nitrogens with one attached hydrogen (secondary N) is 1. The van der Waals surface area contributed by atoms with Crippen LogP contribution in [-0.2, 0) is 4.74 Å². The molecule has 1 aliphatic heterocycles. The summed E-state index contributed by atoms with van der Waals surface area (Å²) in [7, 11) is 0. The second-order valence-corrected chi connectivity index (χ2v) is 4.93. The molecule has 0 bridgehead atoms. The molecule has 2 heterocycles. The third kappa shape index (κ3) is 2.46. The molecule has 1 aromatic carbocycles. The Labute approximate surface area is 112 Å². The van der Waals surface area contributed by atoms with Crippen molar-refractivity contribution < 1.29 is 4.74 Å². The number of hydrogen-bond acceptors (Lipinski definition) is 5. The molecule has 0 radical (unpaired) electrons. The molecule has 5 nitrogen and oxygen atoms in total. The number of anilines is 2. The zero-order valence-corrected chi connectivity index (χ0v) is 11.0. The molecule has 0 saturated carbocycles.